The van der Waals surface area contributed by atoms with Crippen LogP contribution in [0.3, 0.4) is 0 Å². The number of nitrogens with one attached hydrogen (secondary N) is 2. The molecule has 1 aliphatic rings. The lowest BCUT2D eigenvalue weighted by Gasteiger charge is -2.32. The highest BCUT2D eigenvalue weighted by molar-refractivity contribution is 5.90. The van der Waals surface area contributed by atoms with E-state index in [9.17, 15) is 9.59 Å². The lowest BCUT2D eigenvalue weighted by atomic mass is 10.1. The zero-order valence-corrected chi connectivity index (χ0v) is 18.5. The number of aliphatic hydroxyl groups excluding tert-OH is 1. The lowest BCUT2D eigenvalue weighted by Crippen LogP contribution is -2.38. The van der Waals surface area contributed by atoms with Gasteiger partial charge in [0, 0.05) is 18.2 Å². The number of carbonyl (C=O) groups excluding carboxylic acids is 2. The molecule has 0 fully saturated rings. The molecule has 3 N–H and O–H groups in total. The van der Waals surface area contributed by atoms with Crippen LogP contribution in [0.5, 0.6) is 0 Å². The monoisotopic (exact) mass is 455 g/mol. The van der Waals surface area contributed by atoms with E-state index >= 15 is 0 Å². The quantitative estimate of drug-likeness (QED) is 0.473. The number of fused-ring (bicyclic) bond motifs is 1. The predicted octanol–water partition coefficient (Wildman–Crippen LogP) is 1.80. The zero-order valence-electron chi connectivity index (χ0n) is 18.5. The van der Waals surface area contributed by atoms with Crippen molar-refractivity contribution in [2.24, 2.45) is 0 Å². The van der Waals surface area contributed by atoms with Crippen molar-refractivity contribution in [3.8, 4) is 11.5 Å². The van der Waals surface area contributed by atoms with Crippen molar-refractivity contribution >= 4 is 23.8 Å². The van der Waals surface area contributed by atoms with Crippen LogP contribution in [0.4, 0.5) is 16.6 Å². The van der Waals surface area contributed by atoms with E-state index in [0.717, 1.165) is 5.69 Å². The largest absolute Gasteiger partial charge is 0.465 e. The average molecular weight is 455 g/mol. The first-order chi connectivity index (χ1) is 15.9. The van der Waals surface area contributed by atoms with Crippen LogP contribution in [0.15, 0.2) is 34.7 Å². The Labute approximate surface area is 189 Å². The molecular formula is C21H25N7O5. The van der Waals surface area contributed by atoms with Crippen molar-refractivity contribution in [1.82, 2.24) is 25.3 Å². The normalized spacial score (nSPS) is 16.1. The van der Waals surface area contributed by atoms with Crippen LogP contribution in [-0.2, 0) is 11.3 Å². The third-order valence-corrected chi connectivity index (χ3v) is 5.34. The number of aliphatic hydroxyl groups is 1. The van der Waals surface area contributed by atoms with Crippen molar-refractivity contribution in [1.29, 1.82) is 0 Å². The first kappa shape index (κ1) is 22.3. The van der Waals surface area contributed by atoms with E-state index in [1.807, 2.05) is 16.5 Å². The second-order valence-corrected chi connectivity index (χ2v) is 7.69. The van der Waals surface area contributed by atoms with Crippen LogP contribution in [-0.4, -0.2) is 63.4 Å². The number of esters is 1. The minimum Gasteiger partial charge on any atom is -0.465 e. The second-order valence-electron chi connectivity index (χ2n) is 7.69. The van der Waals surface area contributed by atoms with Gasteiger partial charge in [-0.25, -0.2) is 9.59 Å². The number of hydrogen-bond acceptors (Lipinski definition) is 9. The Bertz CT molecular complexity index is 1160. The SMILES string of the molecule is COC(=O)c1cccc(-c2nnc(N3CCn4nc(NC(=O)N[C@H](C)CO)cc4C3C)o2)c1. The Morgan fingerprint density at radius 1 is 1.30 bits per heavy atom. The number of methoxy groups -OCH3 is 1. The van der Waals surface area contributed by atoms with Gasteiger partial charge in [0.2, 0.25) is 5.89 Å². The third-order valence-electron chi connectivity index (χ3n) is 5.34. The summed E-state index contributed by atoms with van der Waals surface area (Å²) in [6.07, 6.45) is 0. The van der Waals surface area contributed by atoms with Crippen LogP contribution in [0.25, 0.3) is 11.5 Å². The first-order valence-electron chi connectivity index (χ1n) is 10.4. The number of amides is 2. The van der Waals surface area contributed by atoms with E-state index in [4.69, 9.17) is 14.3 Å². The van der Waals surface area contributed by atoms with E-state index in [1.165, 1.54) is 7.11 Å². The summed E-state index contributed by atoms with van der Waals surface area (Å²) in [5.74, 6) is 0.254. The van der Waals surface area contributed by atoms with Gasteiger partial charge in [-0.3, -0.25) is 10.00 Å². The Morgan fingerprint density at radius 3 is 2.88 bits per heavy atom. The molecule has 1 unspecified atom stereocenters. The van der Waals surface area contributed by atoms with Crippen molar-refractivity contribution in [3.05, 3.63) is 41.6 Å². The summed E-state index contributed by atoms with van der Waals surface area (Å²) in [7, 11) is 1.32. The number of hydrogen-bond donors (Lipinski definition) is 3. The van der Waals surface area contributed by atoms with Gasteiger partial charge in [-0.1, -0.05) is 11.2 Å². The summed E-state index contributed by atoms with van der Waals surface area (Å²) in [6, 6.07) is 7.97. The average Bonchev–Trinajstić information content (AvgIpc) is 3.46. The van der Waals surface area contributed by atoms with Gasteiger partial charge in [0.25, 0.3) is 0 Å². The fraction of sp³-hybridized carbons (Fsp3) is 0.381. The minimum atomic E-state index is -0.446. The standard InChI is InChI=1S/C21H25N7O5/c1-12(11-29)22-20(31)23-17-10-16-13(2)27(7-8-28(16)26-17)21-25-24-18(33-21)14-5-4-6-15(9-14)19(30)32-3/h4-6,9-10,12-13,29H,7-8,11H2,1-3H3,(H2,22,23,26,31)/t12-,13?/m1/s1. The van der Waals surface area contributed by atoms with Crippen LogP contribution in [0, 0.1) is 0 Å². The molecule has 2 aromatic heterocycles. The minimum absolute atomic E-state index is 0.143. The molecule has 33 heavy (non-hydrogen) atoms. The van der Waals surface area contributed by atoms with E-state index in [-0.39, 0.29) is 18.7 Å². The molecule has 12 heteroatoms. The summed E-state index contributed by atoms with van der Waals surface area (Å²) in [5, 5.41) is 27.1. The number of anilines is 2. The molecular weight excluding hydrogens is 430 g/mol. The molecule has 2 atom stereocenters. The van der Waals surface area contributed by atoms with Crippen LogP contribution in [0.2, 0.25) is 0 Å². The molecule has 174 valence electrons. The molecule has 0 radical (unpaired) electrons. The van der Waals surface area contributed by atoms with Gasteiger partial charge < -0.3 is 24.5 Å². The number of carbonyl (C=O) groups is 2. The number of nitrogens with zero attached hydrogens (tertiary/aromatic N) is 5. The van der Waals surface area contributed by atoms with E-state index in [0.29, 0.717) is 41.9 Å². The van der Waals surface area contributed by atoms with Crippen molar-refractivity contribution in [2.45, 2.75) is 32.5 Å². The van der Waals surface area contributed by atoms with Crippen LogP contribution >= 0.6 is 0 Å². The highest BCUT2D eigenvalue weighted by Gasteiger charge is 2.30. The second kappa shape index (κ2) is 9.28. The van der Waals surface area contributed by atoms with Gasteiger partial charge in [0.15, 0.2) is 5.82 Å². The topological polar surface area (TPSA) is 148 Å². The molecule has 0 spiro atoms. The highest BCUT2D eigenvalue weighted by atomic mass is 16.5. The molecule has 4 rings (SSSR count). The highest BCUT2D eigenvalue weighted by Crippen LogP contribution is 2.32. The van der Waals surface area contributed by atoms with Crippen LogP contribution in [0.1, 0.15) is 35.9 Å². The number of benzene rings is 1. The summed E-state index contributed by atoms with van der Waals surface area (Å²) in [6.45, 7) is 4.66. The Balaban J connectivity index is 1.50. The number of urea groups is 1. The fourth-order valence-corrected chi connectivity index (χ4v) is 3.59. The van der Waals surface area contributed by atoms with Gasteiger partial charge in [-0.15, -0.1) is 5.10 Å². The summed E-state index contributed by atoms with van der Waals surface area (Å²) in [4.78, 5) is 25.8. The molecule has 1 aromatic carbocycles. The number of aromatic nitrogens is 4. The van der Waals surface area contributed by atoms with E-state index in [1.54, 1.807) is 37.3 Å². The molecule has 12 nitrogen and oxygen atoms in total. The van der Waals surface area contributed by atoms with Gasteiger partial charge in [-0.05, 0) is 32.0 Å². The van der Waals surface area contributed by atoms with E-state index in [2.05, 4.69) is 25.9 Å². The Hall–Kier alpha value is -3.93. The molecule has 1 aliphatic heterocycles. The third kappa shape index (κ3) is 4.65. The lowest BCUT2D eigenvalue weighted by molar-refractivity contribution is 0.0600. The van der Waals surface area contributed by atoms with Crippen molar-refractivity contribution in [3.63, 3.8) is 0 Å². The molecule has 3 aromatic rings. The molecule has 3 heterocycles. The molecule has 0 bridgehead atoms. The molecule has 2 amide bonds. The molecule has 0 saturated heterocycles. The fourth-order valence-electron chi connectivity index (χ4n) is 3.59. The summed E-state index contributed by atoms with van der Waals surface area (Å²) in [5.41, 5.74) is 1.88. The number of rotatable bonds is 6. The van der Waals surface area contributed by atoms with Crippen molar-refractivity contribution in [2.75, 3.05) is 30.5 Å². The van der Waals surface area contributed by atoms with Gasteiger partial charge in [0.1, 0.15) is 0 Å². The maximum atomic E-state index is 12.0. The first-order valence-corrected chi connectivity index (χ1v) is 10.4. The van der Waals surface area contributed by atoms with Crippen LogP contribution < -0.4 is 15.5 Å². The number of ether oxygens (including phenoxy) is 1. The zero-order chi connectivity index (χ0) is 23.5. The predicted molar refractivity (Wildman–Crippen MR) is 118 cm³/mol. The van der Waals surface area contributed by atoms with Gasteiger partial charge in [0.05, 0.1) is 43.6 Å². The van der Waals surface area contributed by atoms with E-state index < -0.39 is 12.0 Å². The summed E-state index contributed by atoms with van der Waals surface area (Å²) >= 11 is 0. The Morgan fingerprint density at radius 2 is 2.12 bits per heavy atom. The van der Waals surface area contributed by atoms with Gasteiger partial charge in [-0.2, -0.15) is 5.10 Å². The maximum absolute atomic E-state index is 12.0. The van der Waals surface area contributed by atoms with Crippen molar-refractivity contribution < 1.29 is 23.8 Å². The maximum Gasteiger partial charge on any atom is 0.337 e. The molecule has 0 aliphatic carbocycles. The van der Waals surface area contributed by atoms with Gasteiger partial charge >= 0.3 is 18.0 Å². The summed E-state index contributed by atoms with van der Waals surface area (Å²) < 4.78 is 12.5. The molecule has 0 saturated carbocycles. The smallest absolute Gasteiger partial charge is 0.337 e. The Kier molecular flexibility index (Phi) is 6.27.